The minimum atomic E-state index is -0.445. The second-order valence-corrected chi connectivity index (χ2v) is 7.40. The fourth-order valence-electron chi connectivity index (χ4n) is 3.88. The Hall–Kier alpha value is -2.74. The van der Waals surface area contributed by atoms with Gasteiger partial charge >= 0.3 is 0 Å². The van der Waals surface area contributed by atoms with Crippen LogP contribution in [0.25, 0.3) is 0 Å². The van der Waals surface area contributed by atoms with Gasteiger partial charge in [-0.05, 0) is 30.9 Å². The monoisotopic (exact) mass is 383 g/mol. The Kier molecular flexibility index (Phi) is 4.89. The number of amides is 1. The van der Waals surface area contributed by atoms with Crippen LogP contribution in [0.3, 0.4) is 0 Å². The summed E-state index contributed by atoms with van der Waals surface area (Å²) in [5.74, 6) is 1.23. The van der Waals surface area contributed by atoms with Gasteiger partial charge in [0.15, 0.2) is 0 Å². The maximum Gasteiger partial charge on any atom is 0.272 e. The molecule has 28 heavy (non-hydrogen) atoms. The highest BCUT2D eigenvalue weighted by Gasteiger charge is 2.43. The lowest BCUT2D eigenvalue weighted by molar-refractivity contribution is -0.0967. The molecule has 0 radical (unpaired) electrons. The Morgan fingerprint density at radius 2 is 2.07 bits per heavy atom. The van der Waals surface area contributed by atoms with Crippen LogP contribution in [-0.4, -0.2) is 66.7 Å². The highest BCUT2D eigenvalue weighted by atomic mass is 16.5. The first kappa shape index (κ1) is 18.6. The Balaban J connectivity index is 1.54. The van der Waals surface area contributed by atoms with Crippen molar-refractivity contribution in [1.82, 2.24) is 19.9 Å². The number of aromatic nitrogens is 3. The maximum atomic E-state index is 12.9. The smallest absolute Gasteiger partial charge is 0.272 e. The average molecular weight is 383 g/mol. The van der Waals surface area contributed by atoms with Crippen molar-refractivity contribution in [2.75, 3.05) is 45.8 Å². The van der Waals surface area contributed by atoms with E-state index >= 15 is 0 Å². The van der Waals surface area contributed by atoms with Crippen LogP contribution in [0, 0.1) is 0 Å². The van der Waals surface area contributed by atoms with E-state index in [4.69, 9.17) is 14.5 Å². The molecule has 8 nitrogen and oxygen atoms in total. The van der Waals surface area contributed by atoms with E-state index < -0.39 is 5.60 Å². The molecule has 0 N–H and O–H groups in total. The predicted molar refractivity (Wildman–Crippen MR) is 104 cm³/mol. The maximum absolute atomic E-state index is 12.9. The van der Waals surface area contributed by atoms with E-state index in [-0.39, 0.29) is 5.91 Å². The number of nitrogens with zero attached hydrogens (tertiary/aromatic N) is 5. The molecule has 0 bridgehead atoms. The summed E-state index contributed by atoms with van der Waals surface area (Å²) in [5.41, 5.74) is 2.08. The SMILES string of the molecule is COc1ccnc(C(=O)N2CCC3(CC2)OCCc2cnc(N(C)C)nc23)c1. The van der Waals surface area contributed by atoms with Gasteiger partial charge < -0.3 is 19.3 Å². The third-order valence-electron chi connectivity index (χ3n) is 5.48. The molecule has 8 heteroatoms. The Bertz CT molecular complexity index is 878. The Morgan fingerprint density at radius 3 is 2.79 bits per heavy atom. The molecule has 148 valence electrons. The highest BCUT2D eigenvalue weighted by Crippen LogP contribution is 2.41. The number of ether oxygens (including phenoxy) is 2. The number of hydrogen-bond donors (Lipinski definition) is 0. The summed E-state index contributed by atoms with van der Waals surface area (Å²) < 4.78 is 11.5. The van der Waals surface area contributed by atoms with Crippen molar-refractivity contribution in [3.05, 3.63) is 41.5 Å². The van der Waals surface area contributed by atoms with E-state index in [1.54, 1.807) is 25.4 Å². The molecule has 4 rings (SSSR count). The topological polar surface area (TPSA) is 80.7 Å². The molecule has 0 aliphatic carbocycles. The van der Waals surface area contributed by atoms with Crippen molar-refractivity contribution in [2.45, 2.75) is 24.9 Å². The number of pyridine rings is 1. The number of fused-ring (bicyclic) bond motifs is 2. The number of piperidine rings is 1. The molecule has 1 fully saturated rings. The lowest BCUT2D eigenvalue weighted by Gasteiger charge is -2.44. The number of hydrogen-bond acceptors (Lipinski definition) is 7. The van der Waals surface area contributed by atoms with Crippen LogP contribution in [0.5, 0.6) is 5.75 Å². The van der Waals surface area contributed by atoms with Crippen molar-refractivity contribution in [3.8, 4) is 5.75 Å². The lowest BCUT2D eigenvalue weighted by Crippen LogP contribution is -2.49. The zero-order valence-corrected chi connectivity index (χ0v) is 16.5. The number of methoxy groups -OCH3 is 1. The van der Waals surface area contributed by atoms with Gasteiger partial charge in [0.2, 0.25) is 5.95 Å². The van der Waals surface area contributed by atoms with Crippen LogP contribution < -0.4 is 9.64 Å². The first-order valence-corrected chi connectivity index (χ1v) is 9.49. The van der Waals surface area contributed by atoms with Crippen LogP contribution in [0.1, 0.15) is 34.6 Å². The zero-order chi connectivity index (χ0) is 19.7. The van der Waals surface area contributed by atoms with Crippen LogP contribution in [-0.2, 0) is 16.8 Å². The largest absolute Gasteiger partial charge is 0.497 e. The normalized spacial score (nSPS) is 17.9. The molecular weight excluding hydrogens is 358 g/mol. The summed E-state index contributed by atoms with van der Waals surface area (Å²) in [5, 5.41) is 0. The molecule has 1 saturated heterocycles. The van der Waals surface area contributed by atoms with Crippen LogP contribution in [0.2, 0.25) is 0 Å². The molecular formula is C20H25N5O3. The van der Waals surface area contributed by atoms with E-state index in [1.165, 1.54) is 0 Å². The molecule has 2 aromatic rings. The molecule has 0 unspecified atom stereocenters. The highest BCUT2D eigenvalue weighted by molar-refractivity contribution is 5.92. The first-order valence-electron chi connectivity index (χ1n) is 9.49. The fourth-order valence-corrected chi connectivity index (χ4v) is 3.88. The summed E-state index contributed by atoms with van der Waals surface area (Å²) in [4.78, 5) is 30.0. The molecule has 1 spiro atoms. The van der Waals surface area contributed by atoms with Crippen molar-refractivity contribution >= 4 is 11.9 Å². The minimum Gasteiger partial charge on any atom is -0.497 e. The predicted octanol–water partition coefficient (Wildman–Crippen LogP) is 1.65. The van der Waals surface area contributed by atoms with E-state index in [9.17, 15) is 4.79 Å². The van der Waals surface area contributed by atoms with Crippen LogP contribution >= 0.6 is 0 Å². The summed E-state index contributed by atoms with van der Waals surface area (Å²) >= 11 is 0. The van der Waals surface area contributed by atoms with Gasteiger partial charge in [-0.2, -0.15) is 0 Å². The zero-order valence-electron chi connectivity index (χ0n) is 16.5. The lowest BCUT2D eigenvalue weighted by atomic mass is 9.83. The molecule has 2 aliphatic heterocycles. The minimum absolute atomic E-state index is 0.0820. The number of anilines is 1. The van der Waals surface area contributed by atoms with E-state index in [1.807, 2.05) is 30.1 Å². The van der Waals surface area contributed by atoms with Gasteiger partial charge in [0.25, 0.3) is 5.91 Å². The van der Waals surface area contributed by atoms with Gasteiger partial charge in [-0.1, -0.05) is 0 Å². The van der Waals surface area contributed by atoms with Crippen LogP contribution in [0.4, 0.5) is 5.95 Å². The van der Waals surface area contributed by atoms with Gasteiger partial charge in [0.05, 0.1) is 19.4 Å². The molecule has 0 saturated carbocycles. The van der Waals surface area contributed by atoms with Gasteiger partial charge in [0.1, 0.15) is 17.0 Å². The van der Waals surface area contributed by atoms with E-state index in [0.717, 1.165) is 17.7 Å². The molecule has 2 aliphatic rings. The summed E-state index contributed by atoms with van der Waals surface area (Å²) in [6.45, 7) is 1.85. The van der Waals surface area contributed by atoms with E-state index in [2.05, 4.69) is 9.97 Å². The number of rotatable bonds is 3. The van der Waals surface area contributed by atoms with Gasteiger partial charge in [-0.15, -0.1) is 0 Å². The van der Waals surface area contributed by atoms with Gasteiger partial charge in [-0.3, -0.25) is 9.78 Å². The molecule has 1 amide bonds. The third kappa shape index (κ3) is 3.28. The summed E-state index contributed by atoms with van der Waals surface area (Å²) in [6, 6.07) is 3.41. The fraction of sp³-hybridized carbons (Fsp3) is 0.500. The van der Waals surface area contributed by atoms with Crippen molar-refractivity contribution < 1.29 is 14.3 Å². The molecule has 2 aromatic heterocycles. The molecule has 0 atom stereocenters. The third-order valence-corrected chi connectivity index (χ3v) is 5.48. The quantitative estimate of drug-likeness (QED) is 0.797. The van der Waals surface area contributed by atoms with Gasteiger partial charge in [0, 0.05) is 45.6 Å². The van der Waals surface area contributed by atoms with Crippen LogP contribution in [0.15, 0.2) is 24.5 Å². The summed E-state index contributed by atoms with van der Waals surface area (Å²) in [7, 11) is 5.44. The molecule has 4 heterocycles. The first-order chi connectivity index (χ1) is 13.5. The standard InChI is InChI=1S/C20H25N5O3/c1-24(2)19-22-13-14-5-11-28-20(17(14)23-19)6-9-25(10-7-20)18(26)16-12-15(27-3)4-8-21-16/h4,8,12-13H,5-7,9-11H2,1-3H3. The summed E-state index contributed by atoms with van der Waals surface area (Å²) in [6.07, 6.45) is 5.75. The Labute approximate surface area is 164 Å². The van der Waals surface area contributed by atoms with Crippen molar-refractivity contribution in [3.63, 3.8) is 0 Å². The average Bonchev–Trinajstić information content (AvgIpc) is 2.74. The Morgan fingerprint density at radius 1 is 1.29 bits per heavy atom. The van der Waals surface area contributed by atoms with Crippen molar-refractivity contribution in [1.29, 1.82) is 0 Å². The number of carbonyl (C=O) groups is 1. The van der Waals surface area contributed by atoms with E-state index in [0.29, 0.717) is 49.9 Å². The molecule has 0 aromatic carbocycles. The second kappa shape index (κ2) is 7.35. The van der Waals surface area contributed by atoms with Gasteiger partial charge in [-0.25, -0.2) is 9.97 Å². The number of likely N-dealkylation sites (tertiary alicyclic amines) is 1. The number of carbonyl (C=O) groups excluding carboxylic acids is 1. The second-order valence-electron chi connectivity index (χ2n) is 7.40. The van der Waals surface area contributed by atoms with Crippen molar-refractivity contribution in [2.24, 2.45) is 0 Å².